The summed E-state index contributed by atoms with van der Waals surface area (Å²) in [6.07, 6.45) is 0. The van der Waals surface area contributed by atoms with Crippen LogP contribution in [-0.2, 0) is 10.8 Å². The summed E-state index contributed by atoms with van der Waals surface area (Å²) in [5.41, 5.74) is 5.33. The summed E-state index contributed by atoms with van der Waals surface area (Å²) in [6.45, 7) is 2.27. The lowest BCUT2D eigenvalue weighted by Gasteiger charge is -2.05. The minimum Gasteiger partial charge on any atom is -0.383 e. The maximum Gasteiger partial charge on any atom is 0.276 e. The molecule has 0 aliphatic heterocycles. The van der Waals surface area contributed by atoms with E-state index in [1.807, 2.05) is 6.92 Å². The molecule has 17 heavy (non-hydrogen) atoms. The minimum absolute atomic E-state index is 0.0818. The molecule has 0 aliphatic carbocycles. The van der Waals surface area contributed by atoms with E-state index in [0.29, 0.717) is 23.9 Å². The molecule has 0 aromatic carbocycles. The fraction of sp³-hybridized carbons (Fsp3) is 0.444. The summed E-state index contributed by atoms with van der Waals surface area (Å²) in [6, 6.07) is 2.49. The van der Waals surface area contributed by atoms with Crippen LogP contribution in [0.3, 0.4) is 0 Å². The van der Waals surface area contributed by atoms with Gasteiger partial charge in [-0.05, 0) is 0 Å². The summed E-state index contributed by atoms with van der Waals surface area (Å²) in [4.78, 5) is 13.9. The van der Waals surface area contributed by atoms with E-state index < -0.39 is 15.7 Å². The summed E-state index contributed by atoms with van der Waals surface area (Å²) in [5.74, 6) is 1.47. The lowest BCUT2D eigenvalue weighted by Crippen LogP contribution is -2.13. The van der Waals surface area contributed by atoms with Crippen molar-refractivity contribution in [3.63, 3.8) is 0 Å². The first-order valence-corrected chi connectivity index (χ1v) is 6.52. The first kappa shape index (κ1) is 13.4. The molecule has 0 aliphatic rings. The molecular formula is C9H14N4O3S. The van der Waals surface area contributed by atoms with E-state index in [0.717, 1.165) is 0 Å². The SMILES string of the molecule is CCS(=O)CCNc1cc([N+](=O)[O-])cc(N)n1. The molecule has 1 aromatic heterocycles. The number of aromatic nitrogens is 1. The average molecular weight is 258 g/mol. The van der Waals surface area contributed by atoms with Crippen LogP contribution in [0.15, 0.2) is 12.1 Å². The Labute approximate surface area is 101 Å². The van der Waals surface area contributed by atoms with Crippen LogP contribution >= 0.6 is 0 Å². The molecule has 1 unspecified atom stereocenters. The van der Waals surface area contributed by atoms with Crippen molar-refractivity contribution < 1.29 is 9.13 Å². The number of nitro groups is 1. The van der Waals surface area contributed by atoms with Crippen molar-refractivity contribution in [3.05, 3.63) is 22.2 Å². The second-order valence-corrected chi connectivity index (χ2v) is 5.12. The fourth-order valence-electron chi connectivity index (χ4n) is 1.17. The van der Waals surface area contributed by atoms with Crippen molar-refractivity contribution in [2.24, 2.45) is 0 Å². The summed E-state index contributed by atoms with van der Waals surface area (Å²) in [5, 5.41) is 13.4. The molecule has 0 saturated heterocycles. The maximum absolute atomic E-state index is 11.2. The molecule has 1 atom stereocenters. The zero-order chi connectivity index (χ0) is 12.8. The first-order chi connectivity index (χ1) is 8.02. The Bertz CT molecular complexity index is 438. The predicted octanol–water partition coefficient (Wildman–Crippen LogP) is 0.753. The Balaban J connectivity index is 2.65. The van der Waals surface area contributed by atoms with Crippen LogP contribution in [0, 0.1) is 10.1 Å². The van der Waals surface area contributed by atoms with Gasteiger partial charge in [-0.15, -0.1) is 0 Å². The van der Waals surface area contributed by atoms with Crippen molar-refractivity contribution in [2.75, 3.05) is 29.1 Å². The molecule has 0 amide bonds. The summed E-state index contributed by atoms with van der Waals surface area (Å²) < 4.78 is 11.2. The molecule has 8 heteroatoms. The highest BCUT2D eigenvalue weighted by atomic mass is 32.2. The van der Waals surface area contributed by atoms with Crippen LogP contribution in [0.1, 0.15) is 6.92 Å². The van der Waals surface area contributed by atoms with Crippen LogP contribution in [0.2, 0.25) is 0 Å². The maximum atomic E-state index is 11.2. The Kier molecular flexibility index (Phi) is 4.83. The second-order valence-electron chi connectivity index (χ2n) is 3.25. The van der Waals surface area contributed by atoms with E-state index in [1.54, 1.807) is 0 Å². The quantitative estimate of drug-likeness (QED) is 0.575. The van der Waals surface area contributed by atoms with Gasteiger partial charge in [0.1, 0.15) is 11.6 Å². The van der Waals surface area contributed by atoms with E-state index in [4.69, 9.17) is 5.73 Å². The van der Waals surface area contributed by atoms with E-state index in [2.05, 4.69) is 10.3 Å². The smallest absolute Gasteiger partial charge is 0.276 e. The minimum atomic E-state index is -0.876. The Morgan fingerprint density at radius 1 is 1.59 bits per heavy atom. The van der Waals surface area contributed by atoms with Gasteiger partial charge in [-0.3, -0.25) is 14.3 Å². The molecule has 1 aromatic rings. The topological polar surface area (TPSA) is 111 Å². The molecule has 0 spiro atoms. The molecule has 0 bridgehead atoms. The largest absolute Gasteiger partial charge is 0.383 e. The lowest BCUT2D eigenvalue weighted by molar-refractivity contribution is -0.384. The molecule has 1 rings (SSSR count). The summed E-state index contributed by atoms with van der Waals surface area (Å²) in [7, 11) is -0.876. The summed E-state index contributed by atoms with van der Waals surface area (Å²) >= 11 is 0. The monoisotopic (exact) mass is 258 g/mol. The zero-order valence-corrected chi connectivity index (χ0v) is 10.2. The van der Waals surface area contributed by atoms with Crippen LogP contribution < -0.4 is 11.1 Å². The van der Waals surface area contributed by atoms with Gasteiger partial charge in [0.2, 0.25) is 0 Å². The third-order valence-electron chi connectivity index (χ3n) is 2.00. The number of hydrogen-bond donors (Lipinski definition) is 2. The van der Waals surface area contributed by atoms with Crippen LogP contribution in [0.4, 0.5) is 17.3 Å². The fourth-order valence-corrected chi connectivity index (χ4v) is 1.79. The molecule has 7 nitrogen and oxygen atoms in total. The van der Waals surface area contributed by atoms with Crippen molar-refractivity contribution in [1.82, 2.24) is 4.98 Å². The highest BCUT2D eigenvalue weighted by molar-refractivity contribution is 7.84. The van der Waals surface area contributed by atoms with Crippen LogP contribution in [-0.4, -0.2) is 32.2 Å². The normalized spacial score (nSPS) is 12.1. The number of nitrogens with two attached hydrogens (primary N) is 1. The predicted molar refractivity (Wildman–Crippen MR) is 67.3 cm³/mol. The van der Waals surface area contributed by atoms with E-state index in [1.165, 1.54) is 12.1 Å². The van der Waals surface area contributed by atoms with Gasteiger partial charge in [0.05, 0.1) is 17.1 Å². The molecule has 0 saturated carbocycles. The molecule has 0 fully saturated rings. The standard InChI is InChI=1S/C9H14N4O3S/c1-2-17(16)4-3-11-9-6-7(13(14)15)5-8(10)12-9/h5-6H,2-4H2,1H3,(H3,10,11,12). The number of anilines is 2. The number of pyridine rings is 1. The molecule has 94 valence electrons. The van der Waals surface area contributed by atoms with Crippen LogP contribution in [0.5, 0.6) is 0 Å². The number of nitrogens with one attached hydrogen (secondary N) is 1. The van der Waals surface area contributed by atoms with E-state index in [9.17, 15) is 14.3 Å². The Morgan fingerprint density at radius 3 is 2.88 bits per heavy atom. The van der Waals surface area contributed by atoms with E-state index >= 15 is 0 Å². The number of nitrogens with zero attached hydrogens (tertiary/aromatic N) is 2. The number of rotatable bonds is 6. The Morgan fingerprint density at radius 2 is 2.29 bits per heavy atom. The van der Waals surface area contributed by atoms with Gasteiger partial charge in [0, 0.05) is 28.9 Å². The van der Waals surface area contributed by atoms with Gasteiger partial charge in [0.25, 0.3) is 5.69 Å². The van der Waals surface area contributed by atoms with Crippen molar-refractivity contribution in [2.45, 2.75) is 6.92 Å². The van der Waals surface area contributed by atoms with Gasteiger partial charge < -0.3 is 11.1 Å². The highest BCUT2D eigenvalue weighted by Gasteiger charge is 2.09. The first-order valence-electron chi connectivity index (χ1n) is 5.03. The third-order valence-corrected chi connectivity index (χ3v) is 3.30. The van der Waals surface area contributed by atoms with Crippen molar-refractivity contribution >= 4 is 28.1 Å². The zero-order valence-electron chi connectivity index (χ0n) is 9.38. The Hall–Kier alpha value is -1.70. The van der Waals surface area contributed by atoms with Crippen molar-refractivity contribution in [1.29, 1.82) is 0 Å². The van der Waals surface area contributed by atoms with Gasteiger partial charge in [0.15, 0.2) is 0 Å². The molecular weight excluding hydrogens is 244 g/mol. The van der Waals surface area contributed by atoms with Crippen LogP contribution in [0.25, 0.3) is 0 Å². The van der Waals surface area contributed by atoms with Crippen molar-refractivity contribution in [3.8, 4) is 0 Å². The number of hydrogen-bond acceptors (Lipinski definition) is 6. The molecule has 3 N–H and O–H groups in total. The highest BCUT2D eigenvalue weighted by Crippen LogP contribution is 2.18. The average Bonchev–Trinajstić information content (AvgIpc) is 2.28. The third kappa shape index (κ3) is 4.35. The van der Waals surface area contributed by atoms with E-state index in [-0.39, 0.29) is 11.5 Å². The second kappa shape index (κ2) is 6.14. The van der Waals surface area contributed by atoms with Gasteiger partial charge in [-0.1, -0.05) is 6.92 Å². The molecule has 1 heterocycles. The van der Waals surface area contributed by atoms with Gasteiger partial charge in [-0.25, -0.2) is 4.98 Å². The number of nitrogen functional groups attached to an aromatic ring is 1. The van der Waals surface area contributed by atoms with Gasteiger partial charge >= 0.3 is 0 Å². The lowest BCUT2D eigenvalue weighted by atomic mass is 10.4. The van der Waals surface area contributed by atoms with Gasteiger partial charge in [-0.2, -0.15) is 0 Å². The molecule has 0 radical (unpaired) electrons.